The molecule has 21 heavy (non-hydrogen) atoms. The van der Waals surface area contributed by atoms with E-state index in [1.807, 2.05) is 24.3 Å². The van der Waals surface area contributed by atoms with Gasteiger partial charge in [0.2, 0.25) is 5.95 Å². The number of anilines is 1. The molecule has 0 unspecified atom stereocenters. The maximum Gasteiger partial charge on any atom is 0.225 e. The van der Waals surface area contributed by atoms with Crippen LogP contribution in [0.25, 0.3) is 22.3 Å². The first-order valence-electron chi connectivity index (χ1n) is 6.94. The van der Waals surface area contributed by atoms with Crippen molar-refractivity contribution in [2.45, 2.75) is 13.3 Å². The van der Waals surface area contributed by atoms with Crippen LogP contribution in [0, 0.1) is 0 Å². The Bertz CT molecular complexity index is 735. The van der Waals surface area contributed by atoms with E-state index in [4.69, 9.17) is 4.74 Å². The molecule has 2 heterocycles. The average molecular weight is 283 g/mol. The van der Waals surface area contributed by atoms with E-state index in [0.29, 0.717) is 5.95 Å². The molecule has 2 aromatic heterocycles. The van der Waals surface area contributed by atoms with Crippen molar-refractivity contribution in [1.82, 2.24) is 20.2 Å². The summed E-state index contributed by atoms with van der Waals surface area (Å²) < 4.78 is 5.60. The Kier molecular flexibility index (Phi) is 3.68. The molecule has 0 saturated carbocycles. The summed E-state index contributed by atoms with van der Waals surface area (Å²) in [6.45, 7) is 2.81. The molecule has 0 aliphatic carbocycles. The second kappa shape index (κ2) is 5.78. The predicted octanol–water partition coefficient (Wildman–Crippen LogP) is 2.85. The van der Waals surface area contributed by atoms with Gasteiger partial charge in [-0.1, -0.05) is 6.92 Å². The number of hydrogen-bond donors (Lipinski definition) is 2. The highest BCUT2D eigenvalue weighted by Crippen LogP contribution is 2.27. The SMILES string of the molecule is CCCOc1ccc(-c2nc(NC)nc3[nH]ncc23)cc1. The number of aromatic amines is 1. The van der Waals surface area contributed by atoms with Crippen LogP contribution in [0.5, 0.6) is 5.75 Å². The normalized spacial score (nSPS) is 10.8. The first-order valence-corrected chi connectivity index (χ1v) is 6.94. The molecule has 3 rings (SSSR count). The van der Waals surface area contributed by atoms with Crippen molar-refractivity contribution in [3.63, 3.8) is 0 Å². The summed E-state index contributed by atoms with van der Waals surface area (Å²) in [4.78, 5) is 8.86. The zero-order chi connectivity index (χ0) is 14.7. The van der Waals surface area contributed by atoms with Crippen molar-refractivity contribution in [2.24, 2.45) is 0 Å². The number of H-pyrrole nitrogens is 1. The highest BCUT2D eigenvalue weighted by molar-refractivity contribution is 5.90. The van der Waals surface area contributed by atoms with Crippen LogP contribution in [0.1, 0.15) is 13.3 Å². The van der Waals surface area contributed by atoms with Gasteiger partial charge in [0.05, 0.1) is 23.9 Å². The van der Waals surface area contributed by atoms with Crippen LogP contribution in [0.2, 0.25) is 0 Å². The van der Waals surface area contributed by atoms with E-state index in [0.717, 1.165) is 41.1 Å². The molecule has 0 amide bonds. The smallest absolute Gasteiger partial charge is 0.225 e. The fourth-order valence-corrected chi connectivity index (χ4v) is 2.10. The molecule has 0 aliphatic heterocycles. The molecule has 108 valence electrons. The summed E-state index contributed by atoms with van der Waals surface area (Å²) in [5.41, 5.74) is 2.57. The summed E-state index contributed by atoms with van der Waals surface area (Å²) in [6.07, 6.45) is 2.74. The van der Waals surface area contributed by atoms with Crippen LogP contribution >= 0.6 is 0 Å². The van der Waals surface area contributed by atoms with Crippen LogP contribution in [0.4, 0.5) is 5.95 Å². The van der Waals surface area contributed by atoms with Gasteiger partial charge in [-0.3, -0.25) is 5.10 Å². The van der Waals surface area contributed by atoms with Crippen molar-refractivity contribution in [2.75, 3.05) is 19.0 Å². The molecular formula is C15H17N5O. The van der Waals surface area contributed by atoms with E-state index >= 15 is 0 Å². The van der Waals surface area contributed by atoms with Gasteiger partial charge in [0.25, 0.3) is 0 Å². The molecule has 6 heteroatoms. The quantitative estimate of drug-likeness (QED) is 0.753. The Hall–Kier alpha value is -2.63. The summed E-state index contributed by atoms with van der Waals surface area (Å²) in [5, 5.41) is 10.8. The third kappa shape index (κ3) is 2.65. The van der Waals surface area contributed by atoms with E-state index in [2.05, 4.69) is 32.4 Å². The van der Waals surface area contributed by atoms with Crippen LogP contribution < -0.4 is 10.1 Å². The molecular weight excluding hydrogens is 266 g/mol. The van der Waals surface area contributed by atoms with Crippen LogP contribution in [-0.2, 0) is 0 Å². The molecule has 0 bridgehead atoms. The van der Waals surface area contributed by atoms with E-state index < -0.39 is 0 Å². The number of fused-ring (bicyclic) bond motifs is 1. The summed E-state index contributed by atoms with van der Waals surface area (Å²) >= 11 is 0. The van der Waals surface area contributed by atoms with Crippen molar-refractivity contribution in [3.8, 4) is 17.0 Å². The number of benzene rings is 1. The Labute approximate surface area is 122 Å². The van der Waals surface area contributed by atoms with E-state index in [1.54, 1.807) is 13.2 Å². The van der Waals surface area contributed by atoms with Gasteiger partial charge in [-0.25, -0.2) is 4.98 Å². The van der Waals surface area contributed by atoms with Crippen molar-refractivity contribution >= 4 is 17.0 Å². The van der Waals surface area contributed by atoms with E-state index in [-0.39, 0.29) is 0 Å². The van der Waals surface area contributed by atoms with Gasteiger partial charge in [0.1, 0.15) is 5.75 Å². The lowest BCUT2D eigenvalue weighted by atomic mass is 10.1. The maximum atomic E-state index is 5.60. The fraction of sp³-hybridized carbons (Fsp3) is 0.267. The molecule has 0 fully saturated rings. The number of rotatable bonds is 5. The maximum absolute atomic E-state index is 5.60. The second-order valence-electron chi connectivity index (χ2n) is 4.65. The Balaban J connectivity index is 2.01. The van der Waals surface area contributed by atoms with Gasteiger partial charge in [0.15, 0.2) is 5.65 Å². The molecule has 2 N–H and O–H groups in total. The Morgan fingerprint density at radius 1 is 1.19 bits per heavy atom. The molecule has 0 radical (unpaired) electrons. The Morgan fingerprint density at radius 2 is 2.00 bits per heavy atom. The molecule has 0 aliphatic rings. The van der Waals surface area contributed by atoms with E-state index in [9.17, 15) is 0 Å². The van der Waals surface area contributed by atoms with Gasteiger partial charge in [-0.2, -0.15) is 10.1 Å². The summed E-state index contributed by atoms with van der Waals surface area (Å²) in [6, 6.07) is 7.91. The number of nitrogens with zero attached hydrogens (tertiary/aromatic N) is 3. The van der Waals surface area contributed by atoms with E-state index in [1.165, 1.54) is 0 Å². The van der Waals surface area contributed by atoms with Gasteiger partial charge in [-0.15, -0.1) is 0 Å². The molecule has 3 aromatic rings. The zero-order valence-electron chi connectivity index (χ0n) is 12.1. The number of aromatic nitrogens is 4. The molecule has 0 spiro atoms. The van der Waals surface area contributed by atoms with Gasteiger partial charge >= 0.3 is 0 Å². The van der Waals surface area contributed by atoms with Crippen molar-refractivity contribution in [3.05, 3.63) is 30.5 Å². The monoisotopic (exact) mass is 283 g/mol. The number of hydrogen-bond acceptors (Lipinski definition) is 5. The standard InChI is InChI=1S/C15H17N5O/c1-3-8-21-11-6-4-10(5-7-11)13-12-9-17-20-14(12)19-15(16-2)18-13/h4-7,9H,3,8H2,1-2H3,(H2,16,17,18,19,20). The third-order valence-corrected chi connectivity index (χ3v) is 3.13. The van der Waals surface area contributed by atoms with Crippen LogP contribution in [-0.4, -0.2) is 33.8 Å². The minimum absolute atomic E-state index is 0.563. The number of nitrogens with one attached hydrogen (secondary N) is 2. The lowest BCUT2D eigenvalue weighted by Gasteiger charge is -2.07. The fourth-order valence-electron chi connectivity index (χ4n) is 2.10. The highest BCUT2D eigenvalue weighted by Gasteiger charge is 2.11. The third-order valence-electron chi connectivity index (χ3n) is 3.13. The summed E-state index contributed by atoms with van der Waals surface area (Å²) in [7, 11) is 1.79. The lowest BCUT2D eigenvalue weighted by molar-refractivity contribution is 0.317. The lowest BCUT2D eigenvalue weighted by Crippen LogP contribution is -1.99. The predicted molar refractivity (Wildman–Crippen MR) is 82.5 cm³/mol. The van der Waals surface area contributed by atoms with Crippen LogP contribution in [0.3, 0.4) is 0 Å². The topological polar surface area (TPSA) is 75.7 Å². The molecule has 6 nitrogen and oxygen atoms in total. The van der Waals surface area contributed by atoms with Crippen molar-refractivity contribution in [1.29, 1.82) is 0 Å². The zero-order valence-corrected chi connectivity index (χ0v) is 12.1. The Morgan fingerprint density at radius 3 is 2.71 bits per heavy atom. The summed E-state index contributed by atoms with van der Waals surface area (Å²) in [5.74, 6) is 1.43. The highest BCUT2D eigenvalue weighted by atomic mass is 16.5. The van der Waals surface area contributed by atoms with Crippen molar-refractivity contribution < 1.29 is 4.74 Å². The molecule has 1 aromatic carbocycles. The second-order valence-corrected chi connectivity index (χ2v) is 4.65. The largest absolute Gasteiger partial charge is 0.494 e. The number of ether oxygens (including phenoxy) is 1. The molecule has 0 atom stereocenters. The van der Waals surface area contributed by atoms with Gasteiger partial charge in [0, 0.05) is 12.6 Å². The minimum Gasteiger partial charge on any atom is -0.494 e. The first-order chi connectivity index (χ1) is 10.3. The van der Waals surface area contributed by atoms with Crippen LogP contribution in [0.15, 0.2) is 30.5 Å². The first kappa shape index (κ1) is 13.4. The molecule has 0 saturated heterocycles. The average Bonchev–Trinajstić information content (AvgIpc) is 3.01. The van der Waals surface area contributed by atoms with Gasteiger partial charge < -0.3 is 10.1 Å². The minimum atomic E-state index is 0.563. The van der Waals surface area contributed by atoms with Gasteiger partial charge in [-0.05, 0) is 30.7 Å².